The summed E-state index contributed by atoms with van der Waals surface area (Å²) in [5.41, 5.74) is 1.45. The van der Waals surface area contributed by atoms with Crippen LogP contribution in [0.4, 0.5) is 0 Å². The van der Waals surface area contributed by atoms with Crippen LogP contribution in [0.2, 0.25) is 0 Å². The maximum absolute atomic E-state index is 11.6. The van der Waals surface area contributed by atoms with Crippen molar-refractivity contribution in [3.63, 3.8) is 0 Å². The number of H-pyrrole nitrogens is 1. The molecular weight excluding hydrogens is 180 g/mol. The molecule has 0 atom stereocenters. The first-order chi connectivity index (χ1) is 6.77. The van der Waals surface area contributed by atoms with Gasteiger partial charge in [-0.25, -0.2) is 0 Å². The summed E-state index contributed by atoms with van der Waals surface area (Å²) in [4.78, 5) is 11.6. The van der Waals surface area contributed by atoms with E-state index in [0.717, 1.165) is 25.3 Å². The SMILES string of the molecule is Cc1[nH]ncc1C(=O)NCC1CNC1. The van der Waals surface area contributed by atoms with Crippen molar-refractivity contribution in [3.8, 4) is 0 Å². The van der Waals surface area contributed by atoms with Gasteiger partial charge in [-0.3, -0.25) is 9.89 Å². The number of aromatic amines is 1. The predicted octanol–water partition coefficient (Wildman–Crippen LogP) is -0.333. The number of aromatic nitrogens is 2. The van der Waals surface area contributed by atoms with Crippen molar-refractivity contribution in [1.29, 1.82) is 0 Å². The summed E-state index contributed by atoms with van der Waals surface area (Å²) in [5.74, 6) is 0.550. The van der Waals surface area contributed by atoms with Crippen LogP contribution in [0.1, 0.15) is 16.1 Å². The highest BCUT2D eigenvalue weighted by molar-refractivity contribution is 5.94. The van der Waals surface area contributed by atoms with E-state index in [1.807, 2.05) is 6.92 Å². The van der Waals surface area contributed by atoms with Gasteiger partial charge in [-0.05, 0) is 6.92 Å². The van der Waals surface area contributed by atoms with Crippen molar-refractivity contribution in [2.75, 3.05) is 19.6 Å². The molecule has 1 aliphatic rings. The van der Waals surface area contributed by atoms with E-state index in [1.165, 1.54) is 0 Å². The van der Waals surface area contributed by atoms with E-state index >= 15 is 0 Å². The summed E-state index contributed by atoms with van der Waals surface area (Å²) in [7, 11) is 0. The Labute approximate surface area is 82.3 Å². The van der Waals surface area contributed by atoms with Gasteiger partial charge >= 0.3 is 0 Å². The Morgan fingerprint density at radius 3 is 3.00 bits per heavy atom. The molecule has 1 fully saturated rings. The summed E-state index contributed by atoms with van der Waals surface area (Å²) in [5, 5.41) is 12.6. The molecule has 3 N–H and O–H groups in total. The molecule has 5 heteroatoms. The Balaban J connectivity index is 1.86. The topological polar surface area (TPSA) is 69.8 Å². The highest BCUT2D eigenvalue weighted by atomic mass is 16.1. The van der Waals surface area contributed by atoms with E-state index in [0.29, 0.717) is 11.5 Å². The van der Waals surface area contributed by atoms with Gasteiger partial charge in [0.2, 0.25) is 0 Å². The lowest BCUT2D eigenvalue weighted by Gasteiger charge is -2.26. The van der Waals surface area contributed by atoms with E-state index in [1.54, 1.807) is 6.20 Å². The number of aryl methyl sites for hydroxylation is 1. The molecule has 2 heterocycles. The molecule has 0 bridgehead atoms. The average molecular weight is 194 g/mol. The van der Waals surface area contributed by atoms with Crippen LogP contribution >= 0.6 is 0 Å². The number of carbonyl (C=O) groups is 1. The first-order valence-electron chi connectivity index (χ1n) is 4.76. The predicted molar refractivity (Wildman–Crippen MR) is 52.0 cm³/mol. The molecule has 14 heavy (non-hydrogen) atoms. The normalized spacial score (nSPS) is 16.4. The minimum absolute atomic E-state index is 0.0387. The molecule has 1 amide bonds. The maximum atomic E-state index is 11.6. The van der Waals surface area contributed by atoms with Crippen LogP contribution in [-0.4, -0.2) is 35.7 Å². The van der Waals surface area contributed by atoms with E-state index in [-0.39, 0.29) is 5.91 Å². The van der Waals surface area contributed by atoms with Crippen LogP contribution in [0, 0.1) is 12.8 Å². The van der Waals surface area contributed by atoms with Crippen LogP contribution in [0.15, 0.2) is 6.20 Å². The van der Waals surface area contributed by atoms with Crippen LogP contribution in [0.25, 0.3) is 0 Å². The minimum Gasteiger partial charge on any atom is -0.352 e. The molecule has 0 saturated carbocycles. The number of nitrogens with one attached hydrogen (secondary N) is 3. The fourth-order valence-corrected chi connectivity index (χ4v) is 1.40. The number of rotatable bonds is 3. The number of hydrogen-bond donors (Lipinski definition) is 3. The highest BCUT2D eigenvalue weighted by Gasteiger charge is 2.18. The highest BCUT2D eigenvalue weighted by Crippen LogP contribution is 2.04. The van der Waals surface area contributed by atoms with Gasteiger partial charge in [-0.2, -0.15) is 5.10 Å². The van der Waals surface area contributed by atoms with Crippen molar-refractivity contribution in [2.45, 2.75) is 6.92 Å². The van der Waals surface area contributed by atoms with Crippen molar-refractivity contribution < 1.29 is 4.79 Å². The molecule has 76 valence electrons. The molecule has 5 nitrogen and oxygen atoms in total. The Bertz CT molecular complexity index is 329. The Kier molecular flexibility index (Phi) is 2.49. The molecular formula is C9H14N4O. The first-order valence-corrected chi connectivity index (χ1v) is 4.76. The van der Waals surface area contributed by atoms with Crippen molar-refractivity contribution in [3.05, 3.63) is 17.5 Å². The Morgan fingerprint density at radius 1 is 1.71 bits per heavy atom. The second-order valence-electron chi connectivity index (χ2n) is 3.64. The molecule has 0 aromatic carbocycles. The van der Waals surface area contributed by atoms with Gasteiger partial charge in [0.25, 0.3) is 5.91 Å². The smallest absolute Gasteiger partial charge is 0.254 e. The van der Waals surface area contributed by atoms with Gasteiger partial charge in [-0.1, -0.05) is 0 Å². The Morgan fingerprint density at radius 2 is 2.50 bits per heavy atom. The van der Waals surface area contributed by atoms with Gasteiger partial charge in [-0.15, -0.1) is 0 Å². The second-order valence-corrected chi connectivity index (χ2v) is 3.64. The zero-order valence-corrected chi connectivity index (χ0v) is 8.13. The third kappa shape index (κ3) is 1.77. The molecule has 1 aromatic heterocycles. The van der Waals surface area contributed by atoms with Crippen molar-refractivity contribution >= 4 is 5.91 Å². The molecule has 2 rings (SSSR count). The third-order valence-electron chi connectivity index (χ3n) is 2.49. The third-order valence-corrected chi connectivity index (χ3v) is 2.49. The standard InChI is InChI=1S/C9H14N4O/c1-6-8(5-12-13-6)9(14)11-4-7-2-10-3-7/h5,7,10H,2-4H2,1H3,(H,11,14)(H,12,13). The van der Waals surface area contributed by atoms with E-state index in [2.05, 4.69) is 20.8 Å². The van der Waals surface area contributed by atoms with Gasteiger partial charge in [0, 0.05) is 31.2 Å². The van der Waals surface area contributed by atoms with Gasteiger partial charge in [0.05, 0.1) is 11.8 Å². The molecule has 0 radical (unpaired) electrons. The van der Waals surface area contributed by atoms with Crippen molar-refractivity contribution in [1.82, 2.24) is 20.8 Å². The molecule has 0 spiro atoms. The summed E-state index contributed by atoms with van der Waals surface area (Å²) in [6.45, 7) is 4.60. The number of carbonyl (C=O) groups excluding carboxylic acids is 1. The Hall–Kier alpha value is -1.36. The maximum Gasteiger partial charge on any atom is 0.254 e. The lowest BCUT2D eigenvalue weighted by atomic mass is 10.0. The quantitative estimate of drug-likeness (QED) is 0.617. The van der Waals surface area contributed by atoms with Crippen LogP contribution in [0.5, 0.6) is 0 Å². The zero-order valence-electron chi connectivity index (χ0n) is 8.13. The fraction of sp³-hybridized carbons (Fsp3) is 0.556. The van der Waals surface area contributed by atoms with E-state index in [9.17, 15) is 4.79 Å². The largest absolute Gasteiger partial charge is 0.352 e. The monoisotopic (exact) mass is 194 g/mol. The van der Waals surface area contributed by atoms with Gasteiger partial charge in [0.1, 0.15) is 0 Å². The summed E-state index contributed by atoms with van der Waals surface area (Å²) in [6, 6.07) is 0. The van der Waals surface area contributed by atoms with Crippen molar-refractivity contribution in [2.24, 2.45) is 5.92 Å². The molecule has 0 unspecified atom stereocenters. The van der Waals surface area contributed by atoms with Crippen LogP contribution < -0.4 is 10.6 Å². The summed E-state index contributed by atoms with van der Waals surface area (Å²) >= 11 is 0. The lowest BCUT2D eigenvalue weighted by Crippen LogP contribution is -2.48. The number of amides is 1. The number of hydrogen-bond acceptors (Lipinski definition) is 3. The van der Waals surface area contributed by atoms with Gasteiger partial charge < -0.3 is 10.6 Å². The average Bonchev–Trinajstić information content (AvgIpc) is 2.48. The fourth-order valence-electron chi connectivity index (χ4n) is 1.40. The summed E-state index contributed by atoms with van der Waals surface area (Å²) in [6.07, 6.45) is 1.56. The number of nitrogens with zero attached hydrogens (tertiary/aromatic N) is 1. The minimum atomic E-state index is -0.0387. The van der Waals surface area contributed by atoms with Gasteiger partial charge in [0.15, 0.2) is 0 Å². The lowest BCUT2D eigenvalue weighted by molar-refractivity contribution is 0.0941. The van der Waals surface area contributed by atoms with E-state index < -0.39 is 0 Å². The van der Waals surface area contributed by atoms with Crippen LogP contribution in [-0.2, 0) is 0 Å². The van der Waals surface area contributed by atoms with Crippen LogP contribution in [0.3, 0.4) is 0 Å². The summed E-state index contributed by atoms with van der Waals surface area (Å²) < 4.78 is 0. The second kappa shape index (κ2) is 3.79. The first kappa shape index (κ1) is 9.21. The molecule has 1 saturated heterocycles. The molecule has 1 aromatic rings. The zero-order chi connectivity index (χ0) is 9.97. The molecule has 1 aliphatic heterocycles. The van der Waals surface area contributed by atoms with E-state index in [4.69, 9.17) is 0 Å². The molecule has 0 aliphatic carbocycles.